The summed E-state index contributed by atoms with van der Waals surface area (Å²) in [6.45, 7) is 5.15. The Labute approximate surface area is 189 Å². The van der Waals surface area contributed by atoms with Crippen LogP contribution in [0, 0.1) is 12.7 Å². The summed E-state index contributed by atoms with van der Waals surface area (Å²) in [7, 11) is 0. The first-order valence-corrected chi connectivity index (χ1v) is 10.6. The van der Waals surface area contributed by atoms with E-state index >= 15 is 0 Å². The van der Waals surface area contributed by atoms with Crippen molar-refractivity contribution in [3.63, 3.8) is 0 Å². The fourth-order valence-corrected chi connectivity index (χ4v) is 4.31. The van der Waals surface area contributed by atoms with Gasteiger partial charge in [-0.05, 0) is 50.1 Å². The van der Waals surface area contributed by atoms with Crippen LogP contribution in [-0.4, -0.2) is 26.7 Å². The molecule has 3 aromatic rings. The highest BCUT2D eigenvalue weighted by atomic mass is 35.5. The van der Waals surface area contributed by atoms with Crippen LogP contribution in [-0.2, 0) is 10.2 Å². The Morgan fingerprint density at radius 1 is 1.16 bits per heavy atom. The van der Waals surface area contributed by atoms with E-state index in [1.165, 1.54) is 28.8 Å². The van der Waals surface area contributed by atoms with E-state index in [2.05, 4.69) is 0 Å². The number of hydrogen-bond acceptors (Lipinski definition) is 3. The second kappa shape index (κ2) is 8.52. The average molecular weight is 466 g/mol. The smallest absolute Gasteiger partial charge is 0.313 e. The number of fused-ring (bicyclic) bond motifs is 1. The van der Waals surface area contributed by atoms with E-state index in [1.54, 1.807) is 13.8 Å². The SMILES string of the molecule is CCCC[C@@](C)(C(=O)O)c1c(C)n(C(=O)c2ccc(Cl)c(Cl)c2)c2cc(F)c(O)cc12. The molecular weight excluding hydrogens is 444 g/mol. The van der Waals surface area contributed by atoms with Crippen LogP contribution in [0.15, 0.2) is 30.3 Å². The van der Waals surface area contributed by atoms with Gasteiger partial charge in [0.05, 0.1) is 21.0 Å². The van der Waals surface area contributed by atoms with Crippen molar-refractivity contribution in [3.05, 3.63) is 63.0 Å². The highest BCUT2D eigenvalue weighted by molar-refractivity contribution is 6.42. The second-order valence-corrected chi connectivity index (χ2v) is 8.61. The second-order valence-electron chi connectivity index (χ2n) is 7.79. The van der Waals surface area contributed by atoms with Crippen LogP contribution >= 0.6 is 23.2 Å². The van der Waals surface area contributed by atoms with Crippen molar-refractivity contribution >= 4 is 46.0 Å². The molecule has 0 aliphatic rings. The highest BCUT2D eigenvalue weighted by Gasteiger charge is 2.40. The van der Waals surface area contributed by atoms with Gasteiger partial charge in [-0.3, -0.25) is 14.2 Å². The van der Waals surface area contributed by atoms with Gasteiger partial charge in [-0.2, -0.15) is 0 Å². The fourth-order valence-electron chi connectivity index (χ4n) is 4.01. The van der Waals surface area contributed by atoms with Crippen LogP contribution in [0.1, 0.15) is 54.7 Å². The first kappa shape index (κ1) is 23.1. The molecule has 0 spiro atoms. The Kier molecular flexibility index (Phi) is 6.35. The molecule has 0 bridgehead atoms. The minimum Gasteiger partial charge on any atom is -0.505 e. The van der Waals surface area contributed by atoms with Crippen LogP contribution in [0.4, 0.5) is 4.39 Å². The topological polar surface area (TPSA) is 79.5 Å². The monoisotopic (exact) mass is 465 g/mol. The number of aliphatic carboxylic acids is 1. The van der Waals surface area contributed by atoms with Gasteiger partial charge in [-0.15, -0.1) is 0 Å². The summed E-state index contributed by atoms with van der Waals surface area (Å²) in [5, 5.41) is 20.9. The zero-order chi connectivity index (χ0) is 23.1. The third-order valence-corrected chi connectivity index (χ3v) is 6.44. The fraction of sp³-hybridized carbons (Fsp3) is 0.304. The van der Waals surface area contributed by atoms with Crippen LogP contribution in [0.2, 0.25) is 10.0 Å². The molecule has 1 atom stereocenters. The van der Waals surface area contributed by atoms with E-state index in [0.717, 1.165) is 12.5 Å². The maximum Gasteiger partial charge on any atom is 0.313 e. The van der Waals surface area contributed by atoms with Crippen LogP contribution < -0.4 is 0 Å². The molecule has 2 aromatic carbocycles. The number of rotatable bonds is 6. The first-order chi connectivity index (χ1) is 14.5. The van der Waals surface area contributed by atoms with Gasteiger partial charge in [0.15, 0.2) is 11.6 Å². The highest BCUT2D eigenvalue weighted by Crippen LogP contribution is 2.41. The summed E-state index contributed by atoms with van der Waals surface area (Å²) in [5.41, 5.74) is -0.238. The minimum absolute atomic E-state index is 0.169. The molecular formula is C23H22Cl2FNO4. The minimum atomic E-state index is -1.34. The lowest BCUT2D eigenvalue weighted by Gasteiger charge is -2.26. The Morgan fingerprint density at radius 3 is 2.42 bits per heavy atom. The number of hydrogen-bond donors (Lipinski definition) is 2. The Morgan fingerprint density at radius 2 is 1.84 bits per heavy atom. The van der Waals surface area contributed by atoms with E-state index in [4.69, 9.17) is 23.2 Å². The molecule has 0 unspecified atom stereocenters. The lowest BCUT2D eigenvalue weighted by atomic mass is 9.76. The van der Waals surface area contributed by atoms with Crippen molar-refractivity contribution in [1.82, 2.24) is 4.57 Å². The van der Waals surface area contributed by atoms with E-state index in [9.17, 15) is 24.2 Å². The number of benzene rings is 2. The number of phenols is 1. The molecule has 0 saturated heterocycles. The Balaban J connectivity index is 2.36. The van der Waals surface area contributed by atoms with E-state index in [1.807, 2.05) is 6.92 Å². The average Bonchev–Trinajstić information content (AvgIpc) is 2.99. The number of carbonyl (C=O) groups is 2. The van der Waals surface area contributed by atoms with Crippen LogP contribution in [0.3, 0.4) is 0 Å². The number of aromatic nitrogens is 1. The molecule has 3 rings (SSSR count). The van der Waals surface area contributed by atoms with Gasteiger partial charge in [-0.1, -0.05) is 43.0 Å². The van der Waals surface area contributed by atoms with Gasteiger partial charge in [0.2, 0.25) is 0 Å². The predicted molar refractivity (Wildman–Crippen MR) is 119 cm³/mol. The molecule has 164 valence electrons. The van der Waals surface area contributed by atoms with Gasteiger partial charge >= 0.3 is 5.97 Å². The molecule has 0 amide bonds. The van der Waals surface area contributed by atoms with E-state index in [-0.39, 0.29) is 21.1 Å². The maximum atomic E-state index is 14.3. The lowest BCUT2D eigenvalue weighted by molar-refractivity contribution is -0.143. The molecule has 8 heteroatoms. The normalized spacial score (nSPS) is 13.4. The Bertz CT molecular complexity index is 1200. The zero-order valence-electron chi connectivity index (χ0n) is 17.3. The summed E-state index contributed by atoms with van der Waals surface area (Å²) in [4.78, 5) is 25.7. The third kappa shape index (κ3) is 3.90. The molecule has 0 aliphatic heterocycles. The molecule has 0 fully saturated rings. The number of unbranched alkanes of at least 4 members (excludes halogenated alkanes) is 1. The summed E-state index contributed by atoms with van der Waals surface area (Å²) in [6.07, 6.45) is 1.74. The molecule has 31 heavy (non-hydrogen) atoms. The quantitative estimate of drug-likeness (QED) is 0.446. The van der Waals surface area contributed by atoms with Gasteiger partial charge < -0.3 is 10.2 Å². The summed E-state index contributed by atoms with van der Waals surface area (Å²) >= 11 is 12.0. The number of carboxylic acid groups (broad SMARTS) is 1. The van der Waals surface area contributed by atoms with Crippen molar-refractivity contribution in [2.24, 2.45) is 0 Å². The number of halogens is 3. The molecule has 5 nitrogen and oxygen atoms in total. The maximum absolute atomic E-state index is 14.3. The van der Waals surface area contributed by atoms with Gasteiger partial charge in [0.25, 0.3) is 5.91 Å². The van der Waals surface area contributed by atoms with Gasteiger partial charge in [-0.25, -0.2) is 4.39 Å². The zero-order valence-corrected chi connectivity index (χ0v) is 18.8. The van der Waals surface area contributed by atoms with Crippen LogP contribution in [0.5, 0.6) is 5.75 Å². The van der Waals surface area contributed by atoms with Crippen molar-refractivity contribution < 1.29 is 24.2 Å². The molecule has 2 N–H and O–H groups in total. The van der Waals surface area contributed by atoms with E-state index < -0.39 is 28.9 Å². The lowest BCUT2D eigenvalue weighted by Crippen LogP contribution is -2.33. The van der Waals surface area contributed by atoms with Gasteiger partial charge in [0, 0.05) is 22.7 Å². The summed E-state index contributed by atoms with van der Waals surface area (Å²) in [5.74, 6) is -3.10. The number of phenolic OH excluding ortho intramolecular Hbond substituents is 1. The molecule has 0 saturated carbocycles. The standard InChI is InChI=1S/C23H22Cl2FNO4/c1-4-5-8-23(3,22(30)31)20-12(2)27(18-11-17(26)19(28)10-14(18)20)21(29)13-6-7-15(24)16(25)9-13/h6-7,9-11,28H,4-5,8H2,1-3H3,(H,30,31)/t23-/m1/s1. The predicted octanol–water partition coefficient (Wildman–Crippen LogP) is 6.32. The third-order valence-electron chi connectivity index (χ3n) is 5.70. The number of carboxylic acids is 1. The Hall–Kier alpha value is -2.57. The van der Waals surface area contributed by atoms with Crippen molar-refractivity contribution in [3.8, 4) is 5.75 Å². The summed E-state index contributed by atoms with van der Waals surface area (Å²) in [6, 6.07) is 6.60. The molecule has 0 aliphatic carbocycles. The van der Waals surface area contributed by atoms with Crippen LogP contribution in [0.25, 0.3) is 10.9 Å². The number of aromatic hydroxyl groups is 1. The number of carbonyl (C=O) groups excluding carboxylic acids is 1. The van der Waals surface area contributed by atoms with Crippen molar-refractivity contribution in [1.29, 1.82) is 0 Å². The largest absolute Gasteiger partial charge is 0.505 e. The molecule has 1 heterocycles. The molecule has 0 radical (unpaired) electrons. The van der Waals surface area contributed by atoms with E-state index in [0.29, 0.717) is 29.5 Å². The van der Waals surface area contributed by atoms with Gasteiger partial charge in [0.1, 0.15) is 0 Å². The summed E-state index contributed by atoms with van der Waals surface area (Å²) < 4.78 is 15.5. The first-order valence-electron chi connectivity index (χ1n) is 9.80. The number of nitrogens with zero attached hydrogens (tertiary/aromatic N) is 1. The molecule has 1 aromatic heterocycles. The van der Waals surface area contributed by atoms with Crippen molar-refractivity contribution in [2.75, 3.05) is 0 Å². The van der Waals surface area contributed by atoms with Crippen molar-refractivity contribution in [2.45, 2.75) is 45.4 Å².